The molecule has 6 nitrogen and oxygen atoms in total. The van der Waals surface area contributed by atoms with Crippen LogP contribution in [0.3, 0.4) is 0 Å². The van der Waals surface area contributed by atoms with Crippen LogP contribution >= 0.6 is 11.6 Å². The zero-order valence-electron chi connectivity index (χ0n) is 13.3. The van der Waals surface area contributed by atoms with E-state index in [1.54, 1.807) is 24.3 Å². The quantitative estimate of drug-likeness (QED) is 0.770. The second-order valence-corrected chi connectivity index (χ2v) is 5.43. The molecule has 0 radical (unpaired) electrons. The molecular formula is C17H16ClFN2O4. The molecular weight excluding hydrogens is 351 g/mol. The van der Waals surface area contributed by atoms with Crippen molar-refractivity contribution in [3.8, 4) is 11.5 Å². The molecule has 8 heteroatoms. The average molecular weight is 367 g/mol. The van der Waals surface area contributed by atoms with E-state index < -0.39 is 23.7 Å². The minimum absolute atomic E-state index is 0.209. The molecule has 132 valence electrons. The number of amides is 2. The number of hydrogen-bond donors (Lipinski definition) is 2. The van der Waals surface area contributed by atoms with Crippen LogP contribution in [0.5, 0.6) is 11.5 Å². The highest BCUT2D eigenvalue weighted by molar-refractivity contribution is 6.30. The van der Waals surface area contributed by atoms with Crippen molar-refractivity contribution in [1.82, 2.24) is 10.9 Å². The van der Waals surface area contributed by atoms with Gasteiger partial charge in [-0.15, -0.1) is 0 Å². The highest BCUT2D eigenvalue weighted by Gasteiger charge is 2.15. The Morgan fingerprint density at radius 2 is 1.84 bits per heavy atom. The molecule has 0 aliphatic heterocycles. The minimum atomic E-state index is -0.842. The molecule has 2 N–H and O–H groups in total. The third-order valence-electron chi connectivity index (χ3n) is 2.99. The predicted octanol–water partition coefficient (Wildman–Crippen LogP) is 2.47. The SMILES string of the molecule is C[C@@H](Oc1ccc(Cl)cc1)C(=O)NNC(=O)COc1cccc(F)c1. The topological polar surface area (TPSA) is 76.7 Å². The van der Waals surface area contributed by atoms with Gasteiger partial charge in [-0.1, -0.05) is 17.7 Å². The van der Waals surface area contributed by atoms with Crippen molar-refractivity contribution in [3.63, 3.8) is 0 Å². The molecule has 2 amide bonds. The van der Waals surface area contributed by atoms with Gasteiger partial charge in [0.05, 0.1) is 0 Å². The standard InChI is InChI=1S/C17H16ClFN2O4/c1-11(25-14-7-5-12(18)6-8-14)17(23)21-20-16(22)10-24-15-4-2-3-13(19)9-15/h2-9,11H,10H2,1H3,(H,20,22)(H,21,23)/t11-/m1/s1. The Bertz CT molecular complexity index is 740. The summed E-state index contributed by atoms with van der Waals surface area (Å²) in [6.07, 6.45) is -0.842. The van der Waals surface area contributed by atoms with Gasteiger partial charge in [0.1, 0.15) is 17.3 Å². The van der Waals surface area contributed by atoms with E-state index in [0.29, 0.717) is 10.8 Å². The normalized spacial score (nSPS) is 11.3. The summed E-state index contributed by atoms with van der Waals surface area (Å²) in [5, 5.41) is 0.551. The first kappa shape index (κ1) is 18.5. The monoisotopic (exact) mass is 366 g/mol. The van der Waals surface area contributed by atoms with Crippen molar-refractivity contribution in [2.45, 2.75) is 13.0 Å². The highest BCUT2D eigenvalue weighted by atomic mass is 35.5. The minimum Gasteiger partial charge on any atom is -0.484 e. The maximum Gasteiger partial charge on any atom is 0.279 e. The highest BCUT2D eigenvalue weighted by Crippen LogP contribution is 2.16. The summed E-state index contributed by atoms with van der Waals surface area (Å²) < 4.78 is 23.5. The Balaban J connectivity index is 1.72. The molecule has 0 saturated heterocycles. The Morgan fingerprint density at radius 1 is 1.12 bits per heavy atom. The molecule has 0 aromatic heterocycles. The summed E-state index contributed by atoms with van der Waals surface area (Å²) in [6, 6.07) is 11.9. The maximum atomic E-state index is 13.0. The zero-order valence-corrected chi connectivity index (χ0v) is 14.0. The number of carbonyl (C=O) groups excluding carboxylic acids is 2. The van der Waals surface area contributed by atoms with E-state index in [2.05, 4.69) is 10.9 Å². The van der Waals surface area contributed by atoms with Crippen molar-refractivity contribution in [3.05, 3.63) is 59.4 Å². The third kappa shape index (κ3) is 6.31. The first-order chi connectivity index (χ1) is 11.9. The molecule has 25 heavy (non-hydrogen) atoms. The van der Waals surface area contributed by atoms with Crippen LogP contribution in [0.15, 0.2) is 48.5 Å². The van der Waals surface area contributed by atoms with Gasteiger partial charge in [0.15, 0.2) is 12.7 Å². The average Bonchev–Trinajstić information content (AvgIpc) is 2.60. The lowest BCUT2D eigenvalue weighted by Crippen LogP contribution is -2.48. The number of hydrazine groups is 1. The first-order valence-electron chi connectivity index (χ1n) is 7.33. The van der Waals surface area contributed by atoms with E-state index in [9.17, 15) is 14.0 Å². The smallest absolute Gasteiger partial charge is 0.279 e. The van der Waals surface area contributed by atoms with E-state index in [1.165, 1.54) is 25.1 Å². The molecule has 0 heterocycles. The summed E-state index contributed by atoms with van der Waals surface area (Å²) in [5.74, 6) is -0.946. The van der Waals surface area contributed by atoms with Crippen molar-refractivity contribution < 1.29 is 23.5 Å². The Kier molecular flexibility index (Phi) is 6.59. The van der Waals surface area contributed by atoms with Gasteiger partial charge in [-0.3, -0.25) is 20.4 Å². The maximum absolute atomic E-state index is 13.0. The van der Waals surface area contributed by atoms with Crippen molar-refractivity contribution in [2.75, 3.05) is 6.61 Å². The lowest BCUT2D eigenvalue weighted by atomic mass is 10.3. The fourth-order valence-electron chi connectivity index (χ4n) is 1.75. The van der Waals surface area contributed by atoms with Gasteiger partial charge in [-0.05, 0) is 43.3 Å². The largest absolute Gasteiger partial charge is 0.484 e. The number of benzene rings is 2. The number of ether oxygens (including phenoxy) is 2. The van der Waals surface area contributed by atoms with E-state index in [4.69, 9.17) is 21.1 Å². The van der Waals surface area contributed by atoms with Gasteiger partial charge in [-0.2, -0.15) is 0 Å². The van der Waals surface area contributed by atoms with Crippen LogP contribution in [-0.2, 0) is 9.59 Å². The molecule has 0 fully saturated rings. The van der Waals surface area contributed by atoms with Crippen LogP contribution in [0, 0.1) is 5.82 Å². The second kappa shape index (κ2) is 8.89. The van der Waals surface area contributed by atoms with Crippen LogP contribution < -0.4 is 20.3 Å². The van der Waals surface area contributed by atoms with Gasteiger partial charge in [0.2, 0.25) is 0 Å². The Morgan fingerprint density at radius 3 is 2.52 bits per heavy atom. The van der Waals surface area contributed by atoms with Crippen molar-refractivity contribution >= 4 is 23.4 Å². The van der Waals surface area contributed by atoms with E-state index in [-0.39, 0.29) is 12.4 Å². The van der Waals surface area contributed by atoms with Crippen LogP contribution in [-0.4, -0.2) is 24.5 Å². The molecule has 2 aromatic carbocycles. The van der Waals surface area contributed by atoms with Gasteiger partial charge < -0.3 is 9.47 Å². The van der Waals surface area contributed by atoms with E-state index in [1.807, 2.05) is 0 Å². The van der Waals surface area contributed by atoms with Gasteiger partial charge >= 0.3 is 0 Å². The summed E-state index contributed by atoms with van der Waals surface area (Å²) in [4.78, 5) is 23.5. The molecule has 2 rings (SSSR count). The molecule has 0 bridgehead atoms. The number of rotatable bonds is 6. The van der Waals surface area contributed by atoms with Crippen molar-refractivity contribution in [1.29, 1.82) is 0 Å². The van der Waals surface area contributed by atoms with E-state index >= 15 is 0 Å². The van der Waals surface area contributed by atoms with Crippen molar-refractivity contribution in [2.24, 2.45) is 0 Å². The lowest BCUT2D eigenvalue weighted by Gasteiger charge is -2.15. The molecule has 1 atom stereocenters. The number of carbonyl (C=O) groups is 2. The molecule has 0 unspecified atom stereocenters. The fourth-order valence-corrected chi connectivity index (χ4v) is 1.87. The summed E-state index contributed by atoms with van der Waals surface area (Å²) >= 11 is 5.76. The molecule has 2 aromatic rings. The van der Waals surface area contributed by atoms with E-state index in [0.717, 1.165) is 6.07 Å². The molecule has 0 spiro atoms. The van der Waals surface area contributed by atoms with Crippen LogP contribution in [0.25, 0.3) is 0 Å². The van der Waals surface area contributed by atoms with Gasteiger partial charge in [-0.25, -0.2) is 4.39 Å². The fraction of sp³-hybridized carbons (Fsp3) is 0.176. The number of hydrogen-bond acceptors (Lipinski definition) is 4. The summed E-state index contributed by atoms with van der Waals surface area (Å²) in [7, 11) is 0. The number of halogens is 2. The van der Waals surface area contributed by atoms with Gasteiger partial charge in [0.25, 0.3) is 11.8 Å². The Labute approximate surface area is 148 Å². The first-order valence-corrected chi connectivity index (χ1v) is 7.71. The molecule has 0 aliphatic rings. The van der Waals surface area contributed by atoms with Crippen LogP contribution in [0.1, 0.15) is 6.92 Å². The third-order valence-corrected chi connectivity index (χ3v) is 3.24. The van der Waals surface area contributed by atoms with Gasteiger partial charge in [0, 0.05) is 11.1 Å². The lowest BCUT2D eigenvalue weighted by molar-refractivity contribution is -0.133. The van der Waals surface area contributed by atoms with Crippen LogP contribution in [0.4, 0.5) is 4.39 Å². The molecule has 0 saturated carbocycles. The molecule has 0 aliphatic carbocycles. The number of nitrogens with one attached hydrogen (secondary N) is 2. The van der Waals surface area contributed by atoms with Crippen LogP contribution in [0.2, 0.25) is 5.02 Å². The second-order valence-electron chi connectivity index (χ2n) is 5.00. The summed E-state index contributed by atoms with van der Waals surface area (Å²) in [6.45, 7) is 1.15. The predicted molar refractivity (Wildman–Crippen MR) is 89.7 cm³/mol. The summed E-state index contributed by atoms with van der Waals surface area (Å²) in [5.41, 5.74) is 4.40. The Hall–Kier alpha value is -2.80. The zero-order chi connectivity index (χ0) is 18.2.